The largest absolute Gasteiger partial charge is 0.485 e. The fourth-order valence-corrected chi connectivity index (χ4v) is 3.73. The van der Waals surface area contributed by atoms with Crippen LogP contribution in [0.15, 0.2) is 18.2 Å². The number of hydrogen-bond donors (Lipinski definition) is 2. The molecule has 0 bridgehead atoms. The maximum Gasteiger partial charge on any atom is 0.237 e. The van der Waals surface area contributed by atoms with Crippen molar-refractivity contribution in [2.24, 2.45) is 0 Å². The Hall–Kier alpha value is -1.85. The van der Waals surface area contributed by atoms with Gasteiger partial charge in [-0.15, -0.1) is 12.4 Å². The van der Waals surface area contributed by atoms with Gasteiger partial charge in [-0.25, -0.2) is 0 Å². The van der Waals surface area contributed by atoms with Gasteiger partial charge < -0.3 is 19.8 Å². The van der Waals surface area contributed by atoms with Crippen molar-refractivity contribution in [3.05, 3.63) is 29.3 Å². The van der Waals surface area contributed by atoms with Gasteiger partial charge in [0.05, 0.1) is 30.3 Å². The Kier molecular flexibility index (Phi) is 6.38. The molecule has 0 spiro atoms. The average Bonchev–Trinajstić information content (AvgIpc) is 2.56. The van der Waals surface area contributed by atoms with Gasteiger partial charge >= 0.3 is 0 Å². The first-order chi connectivity index (χ1) is 12.2. The van der Waals surface area contributed by atoms with Crippen LogP contribution in [0, 0.1) is 11.3 Å². The average molecular weight is 396 g/mol. The van der Waals surface area contributed by atoms with Gasteiger partial charge in [0.25, 0.3) is 0 Å². The molecule has 2 aliphatic rings. The zero-order valence-corrected chi connectivity index (χ0v) is 16.6. The highest BCUT2D eigenvalue weighted by molar-refractivity contribution is 5.85. The van der Waals surface area contributed by atoms with Crippen LogP contribution < -0.4 is 4.74 Å². The van der Waals surface area contributed by atoms with Crippen molar-refractivity contribution in [1.29, 1.82) is 5.26 Å². The van der Waals surface area contributed by atoms with Crippen LogP contribution in [0.25, 0.3) is 0 Å². The van der Waals surface area contributed by atoms with Crippen LogP contribution in [0.4, 0.5) is 0 Å². The van der Waals surface area contributed by atoms with Crippen LogP contribution in [0.1, 0.15) is 37.9 Å². The first-order valence-electron chi connectivity index (χ1n) is 8.84. The number of amides is 1. The molecule has 0 aliphatic carbocycles. The number of aliphatic hydroxyl groups is 2. The van der Waals surface area contributed by atoms with Crippen LogP contribution in [-0.4, -0.2) is 69.9 Å². The molecule has 7 nitrogen and oxygen atoms in total. The summed E-state index contributed by atoms with van der Waals surface area (Å²) in [7, 11) is 0. The van der Waals surface area contributed by atoms with Gasteiger partial charge in [-0.2, -0.15) is 5.26 Å². The van der Waals surface area contributed by atoms with E-state index >= 15 is 0 Å². The lowest BCUT2D eigenvalue weighted by molar-refractivity contribution is -0.151. The predicted molar refractivity (Wildman–Crippen MR) is 102 cm³/mol. The third-order valence-corrected chi connectivity index (χ3v) is 5.04. The molecule has 0 aromatic heterocycles. The fraction of sp³-hybridized carbons (Fsp3) is 0.579. The number of piperazine rings is 1. The lowest BCUT2D eigenvalue weighted by atomic mass is 9.84. The first-order valence-corrected chi connectivity index (χ1v) is 8.84. The molecule has 1 saturated heterocycles. The van der Waals surface area contributed by atoms with E-state index in [0.717, 1.165) is 0 Å². The molecule has 1 amide bonds. The Bertz CT molecular complexity index is 747. The Morgan fingerprint density at radius 1 is 1.41 bits per heavy atom. The van der Waals surface area contributed by atoms with Crippen LogP contribution >= 0.6 is 12.4 Å². The van der Waals surface area contributed by atoms with Crippen molar-refractivity contribution in [3.63, 3.8) is 0 Å². The van der Waals surface area contributed by atoms with E-state index in [1.165, 1.54) is 0 Å². The normalized spacial score (nSPS) is 25.6. The zero-order valence-electron chi connectivity index (χ0n) is 15.8. The zero-order chi connectivity index (χ0) is 19.1. The Labute approximate surface area is 165 Å². The number of fused-ring (bicyclic) bond motifs is 1. The monoisotopic (exact) mass is 395 g/mol. The Balaban J connectivity index is 0.00000261. The number of nitrogens with zero attached hydrogens (tertiary/aromatic N) is 3. The van der Waals surface area contributed by atoms with Gasteiger partial charge in [0.1, 0.15) is 17.5 Å². The molecular weight excluding hydrogens is 370 g/mol. The van der Waals surface area contributed by atoms with Gasteiger partial charge in [-0.3, -0.25) is 9.69 Å². The molecule has 0 saturated carbocycles. The summed E-state index contributed by atoms with van der Waals surface area (Å²) in [4.78, 5) is 16.4. The van der Waals surface area contributed by atoms with Gasteiger partial charge in [0.2, 0.25) is 5.91 Å². The van der Waals surface area contributed by atoms with Crippen LogP contribution in [-0.2, 0) is 4.79 Å². The van der Waals surface area contributed by atoms with Crippen LogP contribution in [0.2, 0.25) is 0 Å². The lowest BCUT2D eigenvalue weighted by Crippen LogP contribution is -2.59. The number of hydrogen-bond acceptors (Lipinski definition) is 6. The van der Waals surface area contributed by atoms with E-state index in [9.17, 15) is 20.3 Å². The molecule has 1 aromatic carbocycles. The molecule has 2 heterocycles. The number of ether oxygens (including phenoxy) is 1. The molecule has 148 valence electrons. The van der Waals surface area contributed by atoms with Crippen molar-refractivity contribution in [2.45, 2.75) is 44.6 Å². The summed E-state index contributed by atoms with van der Waals surface area (Å²) in [5.74, 6) is 0.482. The second-order valence-corrected chi connectivity index (χ2v) is 7.63. The van der Waals surface area contributed by atoms with Crippen LogP contribution in [0.5, 0.6) is 5.75 Å². The summed E-state index contributed by atoms with van der Waals surface area (Å²) in [6.07, 6.45) is -1.42. The number of carbonyl (C=O) groups excluding carboxylic acids is 1. The summed E-state index contributed by atoms with van der Waals surface area (Å²) in [6.45, 7) is 6.98. The number of rotatable bonds is 3. The summed E-state index contributed by atoms with van der Waals surface area (Å²) in [5.41, 5.74) is 0.265. The third-order valence-electron chi connectivity index (χ3n) is 5.04. The Morgan fingerprint density at radius 3 is 2.70 bits per heavy atom. The summed E-state index contributed by atoms with van der Waals surface area (Å²) in [6, 6.07) is 6.62. The molecule has 3 atom stereocenters. The highest BCUT2D eigenvalue weighted by atomic mass is 35.5. The van der Waals surface area contributed by atoms with E-state index in [4.69, 9.17) is 4.74 Å². The van der Waals surface area contributed by atoms with E-state index in [-0.39, 0.29) is 24.9 Å². The minimum atomic E-state index is -0.920. The molecule has 1 fully saturated rings. The summed E-state index contributed by atoms with van der Waals surface area (Å²) >= 11 is 0. The van der Waals surface area contributed by atoms with Crippen molar-refractivity contribution in [3.8, 4) is 11.8 Å². The maximum atomic E-state index is 12.8. The van der Waals surface area contributed by atoms with E-state index in [2.05, 4.69) is 6.07 Å². The Morgan fingerprint density at radius 2 is 2.11 bits per heavy atom. The molecule has 27 heavy (non-hydrogen) atoms. The molecular formula is C19H26ClN3O4. The quantitative estimate of drug-likeness (QED) is 0.794. The second kappa shape index (κ2) is 8.03. The van der Waals surface area contributed by atoms with E-state index in [1.807, 2.05) is 4.90 Å². The highest BCUT2D eigenvalue weighted by Gasteiger charge is 2.47. The number of β-amino-alcohol motifs (C(OH)–C–C–N with tert-alkyl or cyclic N) is 1. The van der Waals surface area contributed by atoms with Crippen molar-refractivity contribution in [1.82, 2.24) is 9.80 Å². The first kappa shape index (κ1) is 21.5. The molecule has 2 aliphatic heterocycles. The van der Waals surface area contributed by atoms with Gasteiger partial charge in [0, 0.05) is 25.2 Å². The van der Waals surface area contributed by atoms with E-state index < -0.39 is 23.9 Å². The minimum absolute atomic E-state index is 0. The number of aliphatic hydroxyl groups excluding tert-OH is 2. The molecule has 2 N–H and O–H groups in total. The molecule has 3 rings (SSSR count). The molecule has 0 radical (unpaired) electrons. The number of nitriles is 1. The lowest BCUT2D eigenvalue weighted by Gasteiger charge is -2.48. The maximum absolute atomic E-state index is 12.8. The van der Waals surface area contributed by atoms with Gasteiger partial charge in [-0.05, 0) is 39.0 Å². The molecule has 1 unspecified atom stereocenters. The highest BCUT2D eigenvalue weighted by Crippen LogP contribution is 2.43. The fourth-order valence-electron chi connectivity index (χ4n) is 3.73. The third kappa shape index (κ3) is 4.19. The van der Waals surface area contributed by atoms with Crippen molar-refractivity contribution in [2.75, 3.05) is 26.2 Å². The molecule has 1 aromatic rings. The smallest absolute Gasteiger partial charge is 0.237 e. The van der Waals surface area contributed by atoms with Gasteiger partial charge in [0.15, 0.2) is 0 Å². The predicted octanol–water partition coefficient (Wildman–Crippen LogP) is 1.08. The van der Waals surface area contributed by atoms with Crippen molar-refractivity contribution >= 4 is 18.3 Å². The van der Waals surface area contributed by atoms with Crippen molar-refractivity contribution < 1.29 is 19.7 Å². The van der Waals surface area contributed by atoms with Crippen LogP contribution in [0.3, 0.4) is 0 Å². The number of carbonyl (C=O) groups is 1. The second-order valence-electron chi connectivity index (χ2n) is 7.63. The van der Waals surface area contributed by atoms with E-state index in [1.54, 1.807) is 43.9 Å². The minimum Gasteiger partial charge on any atom is -0.485 e. The van der Waals surface area contributed by atoms with E-state index in [0.29, 0.717) is 36.5 Å². The SMILES string of the molecule is CC(O)CN1CCN([C@@H]2c3cc(C#N)ccc3OC(C)(C)[C@H]2O)C(=O)C1.Cl. The molecule has 8 heteroatoms. The number of benzene rings is 1. The standard InChI is InChI=1S/C19H25N3O4.ClH/c1-12(23)10-21-6-7-22(16(24)11-21)17-14-8-13(9-20)4-5-15(14)26-19(2,3)18(17)25;/h4-5,8,12,17-18,23,25H,6-7,10-11H2,1-3H3;1H/t12?,17-,18+;/m1./s1. The topological polar surface area (TPSA) is 97.0 Å². The van der Waals surface area contributed by atoms with Gasteiger partial charge in [-0.1, -0.05) is 0 Å². The number of halogens is 1. The summed E-state index contributed by atoms with van der Waals surface area (Å²) < 4.78 is 5.92. The summed E-state index contributed by atoms with van der Waals surface area (Å²) in [5, 5.41) is 29.7.